The van der Waals surface area contributed by atoms with Gasteiger partial charge in [-0.3, -0.25) is 10.1 Å². The van der Waals surface area contributed by atoms with Crippen LogP contribution in [0.4, 0.5) is 5.13 Å². The van der Waals surface area contributed by atoms with Crippen molar-refractivity contribution in [3.63, 3.8) is 0 Å². The first-order chi connectivity index (χ1) is 13.0. The average Bonchev–Trinajstić information content (AvgIpc) is 3.11. The fourth-order valence-electron chi connectivity index (χ4n) is 2.32. The Morgan fingerprint density at radius 2 is 1.96 bits per heavy atom. The first-order valence-electron chi connectivity index (χ1n) is 8.56. The maximum atomic E-state index is 12.4. The van der Waals surface area contributed by atoms with Crippen LogP contribution in [0.2, 0.25) is 0 Å². The number of nitrogens with one attached hydrogen (secondary N) is 1. The highest BCUT2D eigenvalue weighted by Crippen LogP contribution is 2.28. The summed E-state index contributed by atoms with van der Waals surface area (Å²) in [4.78, 5) is 12.4. The van der Waals surface area contributed by atoms with Gasteiger partial charge in [-0.2, -0.15) is 0 Å². The number of rotatable bonds is 7. The smallest absolute Gasteiger partial charge is 0.266 e. The molecule has 1 N–H and O–H groups in total. The predicted molar refractivity (Wildman–Crippen MR) is 111 cm³/mol. The van der Waals surface area contributed by atoms with E-state index in [1.165, 1.54) is 16.9 Å². The van der Waals surface area contributed by atoms with E-state index in [1.54, 1.807) is 18.7 Å². The van der Waals surface area contributed by atoms with Crippen molar-refractivity contribution in [1.82, 2.24) is 10.2 Å². The molecule has 0 saturated carbocycles. The van der Waals surface area contributed by atoms with Crippen molar-refractivity contribution in [2.75, 3.05) is 5.32 Å². The van der Waals surface area contributed by atoms with Crippen molar-refractivity contribution in [2.45, 2.75) is 37.0 Å². The minimum absolute atomic E-state index is 0.244. The lowest BCUT2D eigenvalue weighted by Gasteiger charge is -2.15. The molecule has 0 spiro atoms. The second-order valence-electron chi connectivity index (χ2n) is 6.17. The van der Waals surface area contributed by atoms with Crippen LogP contribution in [0.25, 0.3) is 0 Å². The van der Waals surface area contributed by atoms with E-state index in [2.05, 4.69) is 27.6 Å². The summed E-state index contributed by atoms with van der Waals surface area (Å²) in [6.45, 7) is 5.68. The number of ether oxygens (including phenoxy) is 1. The third-order valence-corrected chi connectivity index (χ3v) is 5.90. The highest BCUT2D eigenvalue weighted by molar-refractivity contribution is 8.00. The van der Waals surface area contributed by atoms with Gasteiger partial charge in [0.25, 0.3) is 5.91 Å². The number of hydrogen-bond acceptors (Lipinski definition) is 6. The molecular weight excluding hydrogens is 378 g/mol. The summed E-state index contributed by atoms with van der Waals surface area (Å²) in [5, 5.41) is 11.4. The average molecular weight is 400 g/mol. The van der Waals surface area contributed by atoms with Gasteiger partial charge in [-0.05, 0) is 43.5 Å². The number of aromatic nitrogens is 2. The van der Waals surface area contributed by atoms with Gasteiger partial charge in [-0.15, -0.1) is 10.2 Å². The van der Waals surface area contributed by atoms with Gasteiger partial charge in [0.2, 0.25) is 5.13 Å². The number of aryl methyl sites for hydroxylation is 2. The molecule has 27 heavy (non-hydrogen) atoms. The van der Waals surface area contributed by atoms with Crippen molar-refractivity contribution in [3.05, 3.63) is 65.2 Å². The molecule has 0 aliphatic carbocycles. The Labute approximate surface area is 167 Å². The number of nitrogens with zero attached hydrogens (tertiary/aromatic N) is 2. The second-order valence-corrected chi connectivity index (χ2v) is 8.37. The summed E-state index contributed by atoms with van der Waals surface area (Å²) in [7, 11) is 0. The highest BCUT2D eigenvalue weighted by atomic mass is 32.2. The van der Waals surface area contributed by atoms with E-state index in [0.717, 1.165) is 21.2 Å². The summed E-state index contributed by atoms with van der Waals surface area (Å²) in [6.07, 6.45) is -0.630. The number of anilines is 1. The van der Waals surface area contributed by atoms with Gasteiger partial charge in [0.1, 0.15) is 5.75 Å². The molecule has 1 unspecified atom stereocenters. The number of carbonyl (C=O) groups is 1. The maximum absolute atomic E-state index is 12.4. The van der Waals surface area contributed by atoms with Gasteiger partial charge in [-0.1, -0.05) is 65.6 Å². The lowest BCUT2D eigenvalue weighted by molar-refractivity contribution is -0.122. The fraction of sp³-hybridized carbons (Fsp3) is 0.250. The molecule has 0 aliphatic rings. The van der Waals surface area contributed by atoms with Crippen LogP contribution < -0.4 is 10.1 Å². The van der Waals surface area contributed by atoms with Gasteiger partial charge in [-0.25, -0.2) is 0 Å². The molecule has 0 aliphatic heterocycles. The van der Waals surface area contributed by atoms with Crippen LogP contribution in [-0.2, 0) is 10.5 Å². The summed E-state index contributed by atoms with van der Waals surface area (Å²) in [5.74, 6) is 1.29. The number of amides is 1. The predicted octanol–water partition coefficient (Wildman–Crippen LogP) is 4.85. The van der Waals surface area contributed by atoms with Crippen LogP contribution in [0, 0.1) is 13.8 Å². The van der Waals surface area contributed by atoms with Crippen LogP contribution >= 0.6 is 23.1 Å². The highest BCUT2D eigenvalue weighted by Gasteiger charge is 2.18. The fourth-order valence-corrected chi connectivity index (χ4v) is 4.03. The van der Waals surface area contributed by atoms with Crippen molar-refractivity contribution in [1.29, 1.82) is 0 Å². The first kappa shape index (κ1) is 19.4. The Morgan fingerprint density at radius 1 is 1.19 bits per heavy atom. The topological polar surface area (TPSA) is 64.1 Å². The van der Waals surface area contributed by atoms with Gasteiger partial charge < -0.3 is 4.74 Å². The maximum Gasteiger partial charge on any atom is 0.266 e. The van der Waals surface area contributed by atoms with Crippen LogP contribution in [0.1, 0.15) is 23.6 Å². The van der Waals surface area contributed by atoms with E-state index in [-0.39, 0.29) is 5.91 Å². The molecule has 1 aromatic heterocycles. The molecule has 5 nitrogen and oxygen atoms in total. The van der Waals surface area contributed by atoms with Crippen LogP contribution in [0.3, 0.4) is 0 Å². The molecule has 0 fully saturated rings. The Bertz CT molecular complexity index is 913. The molecule has 2 aromatic carbocycles. The summed E-state index contributed by atoms with van der Waals surface area (Å²) in [6, 6.07) is 16.1. The molecule has 1 amide bonds. The van der Waals surface area contributed by atoms with Crippen molar-refractivity contribution >= 4 is 34.1 Å². The normalized spacial score (nSPS) is 11.8. The second kappa shape index (κ2) is 9.01. The van der Waals surface area contributed by atoms with E-state index < -0.39 is 6.10 Å². The largest absolute Gasteiger partial charge is 0.481 e. The van der Waals surface area contributed by atoms with E-state index in [1.807, 2.05) is 50.2 Å². The standard InChI is InChI=1S/C20H21N3O2S2/c1-13-9-10-14(2)17(11-13)25-15(3)18(24)21-19-22-23-20(27-19)26-12-16-7-5-4-6-8-16/h4-11,15H,12H2,1-3H3,(H,21,22,24). The first-order valence-corrected chi connectivity index (χ1v) is 10.4. The number of benzene rings is 2. The summed E-state index contributed by atoms with van der Waals surface area (Å²) in [5.41, 5.74) is 3.31. The van der Waals surface area contributed by atoms with Gasteiger partial charge in [0.15, 0.2) is 10.4 Å². The van der Waals surface area contributed by atoms with Crippen molar-refractivity contribution < 1.29 is 9.53 Å². The molecular formula is C20H21N3O2S2. The summed E-state index contributed by atoms with van der Waals surface area (Å²) < 4.78 is 6.63. The zero-order valence-electron chi connectivity index (χ0n) is 15.4. The third-order valence-electron chi connectivity index (χ3n) is 3.86. The lowest BCUT2D eigenvalue weighted by Crippen LogP contribution is -2.30. The Kier molecular flexibility index (Phi) is 6.47. The van der Waals surface area contributed by atoms with Crippen LogP contribution in [0.15, 0.2) is 52.9 Å². The van der Waals surface area contributed by atoms with Crippen molar-refractivity contribution in [2.24, 2.45) is 0 Å². The molecule has 3 aromatic rings. The molecule has 7 heteroatoms. The molecule has 0 bridgehead atoms. The summed E-state index contributed by atoms with van der Waals surface area (Å²) >= 11 is 2.96. The minimum atomic E-state index is -0.630. The molecule has 1 heterocycles. The van der Waals surface area contributed by atoms with Gasteiger partial charge in [0.05, 0.1) is 0 Å². The van der Waals surface area contributed by atoms with E-state index in [4.69, 9.17) is 4.74 Å². The molecule has 3 rings (SSSR count). The van der Waals surface area contributed by atoms with Crippen LogP contribution in [-0.4, -0.2) is 22.2 Å². The van der Waals surface area contributed by atoms with Gasteiger partial charge >= 0.3 is 0 Å². The van der Waals surface area contributed by atoms with Crippen molar-refractivity contribution in [3.8, 4) is 5.75 Å². The van der Waals surface area contributed by atoms with E-state index in [9.17, 15) is 4.79 Å². The van der Waals surface area contributed by atoms with Crippen LogP contribution in [0.5, 0.6) is 5.75 Å². The Hall–Kier alpha value is -2.38. The molecule has 0 radical (unpaired) electrons. The number of carbonyl (C=O) groups excluding carboxylic acids is 1. The molecule has 140 valence electrons. The lowest BCUT2D eigenvalue weighted by atomic mass is 10.1. The Balaban J connectivity index is 1.54. The van der Waals surface area contributed by atoms with Gasteiger partial charge in [0, 0.05) is 5.75 Å². The quantitative estimate of drug-likeness (QED) is 0.454. The number of hydrogen-bond donors (Lipinski definition) is 1. The van der Waals surface area contributed by atoms with E-state index >= 15 is 0 Å². The molecule has 0 saturated heterocycles. The zero-order chi connectivity index (χ0) is 19.2. The van der Waals surface area contributed by atoms with E-state index in [0.29, 0.717) is 10.9 Å². The number of thioether (sulfide) groups is 1. The molecule has 1 atom stereocenters. The monoisotopic (exact) mass is 399 g/mol. The minimum Gasteiger partial charge on any atom is -0.481 e. The Morgan fingerprint density at radius 3 is 2.74 bits per heavy atom. The zero-order valence-corrected chi connectivity index (χ0v) is 17.1. The third kappa shape index (κ3) is 5.55. The SMILES string of the molecule is Cc1ccc(C)c(OC(C)C(=O)Nc2nnc(SCc3ccccc3)s2)c1.